The summed E-state index contributed by atoms with van der Waals surface area (Å²) in [5.41, 5.74) is 3.45. The Bertz CT molecular complexity index is 2200. The normalized spacial score (nSPS) is 19.5. The van der Waals surface area contributed by atoms with Gasteiger partial charge in [0.05, 0.1) is 0 Å². The third-order valence-electron chi connectivity index (χ3n) is 9.25. The molecule has 56 heavy (non-hydrogen) atoms. The maximum Gasteiger partial charge on any atom is 0.326 e. The Morgan fingerprint density at radius 1 is 0.732 bits per heavy atom. The molecule has 7 rings (SSSR count). The van der Waals surface area contributed by atoms with Crippen molar-refractivity contribution in [3.8, 4) is 16.9 Å². The number of carbonyl (C=O) groups excluding carboxylic acids is 4. The number of hydrogen-bond acceptors (Lipinski definition) is 7. The van der Waals surface area contributed by atoms with Crippen LogP contribution in [-0.2, 0) is 43.2 Å². The number of amides is 4. The molecule has 0 radical (unpaired) electrons. The number of nitrogens with one attached hydrogen (secondary N) is 4. The summed E-state index contributed by atoms with van der Waals surface area (Å²) in [4.78, 5) is 68.7. The van der Waals surface area contributed by atoms with Crippen LogP contribution in [0.25, 0.3) is 16.7 Å². The molecule has 4 atom stereocenters. The fraction of sp³-hybridized carbons (Fsp3) is 0.186. The predicted octanol–water partition coefficient (Wildman–Crippen LogP) is 4.71. The summed E-state index contributed by atoms with van der Waals surface area (Å²) in [7, 11) is 0. The van der Waals surface area contributed by atoms with Gasteiger partial charge in [-0.25, -0.2) is 9.18 Å². The van der Waals surface area contributed by atoms with Crippen molar-refractivity contribution in [3.05, 3.63) is 155 Å². The minimum absolute atomic E-state index is 0.0539. The molecule has 0 aliphatic carbocycles. The van der Waals surface area contributed by atoms with Crippen molar-refractivity contribution in [2.45, 2.75) is 43.4 Å². The predicted molar refractivity (Wildman–Crippen MR) is 210 cm³/mol. The van der Waals surface area contributed by atoms with Gasteiger partial charge in [0.2, 0.25) is 17.7 Å². The van der Waals surface area contributed by atoms with Gasteiger partial charge in [0.25, 0.3) is 5.91 Å². The number of fused-ring (bicyclic) bond motifs is 16. The lowest BCUT2D eigenvalue weighted by Gasteiger charge is -2.27. The quantitative estimate of drug-likeness (QED) is 0.143. The highest BCUT2D eigenvalue weighted by Gasteiger charge is 2.33. The molecule has 11 nitrogen and oxygen atoms in total. The summed E-state index contributed by atoms with van der Waals surface area (Å²) in [6.45, 7) is 3.63. The Hall–Kier alpha value is -6.60. The number of carbonyl (C=O) groups is 5. The molecule has 5 N–H and O–H groups in total. The van der Waals surface area contributed by atoms with Gasteiger partial charge in [-0.15, -0.1) is 11.3 Å². The molecule has 4 amide bonds. The van der Waals surface area contributed by atoms with Gasteiger partial charge >= 0.3 is 5.97 Å². The first kappa shape index (κ1) is 39.1. The van der Waals surface area contributed by atoms with Crippen LogP contribution in [-0.4, -0.2) is 65.5 Å². The molecule has 0 fully saturated rings. The standard InChI is InChI=1S/C43H39FN4O7S/c1-26(37-12-7-21-56-37)39-42(52)46-34(22-27-13-17-30(18-14-27)29-8-3-2-4-9-29)40(50)45-35(24-31-10-5-6-11-33(31)44)41(51)47-36(43(53)54)23-28-15-19-32(20-16-28)55-25-38(49)48-39/h2-21,34-36,39H,1,22-25H2,(H,45,50)(H,46,52)(H,47,51)(H,48,49)(H,53,54). The Kier molecular flexibility index (Phi) is 12.7. The van der Waals surface area contributed by atoms with Crippen LogP contribution < -0.4 is 26.0 Å². The topological polar surface area (TPSA) is 163 Å². The maximum absolute atomic E-state index is 15.0. The molecular formula is C43H39FN4O7S. The maximum atomic E-state index is 15.0. The van der Waals surface area contributed by atoms with E-state index in [1.54, 1.807) is 47.8 Å². The first-order valence-electron chi connectivity index (χ1n) is 17.8. The molecule has 1 aromatic heterocycles. The van der Waals surface area contributed by atoms with E-state index in [1.807, 2.05) is 54.6 Å². The smallest absolute Gasteiger partial charge is 0.326 e. The average molecular weight is 775 g/mol. The van der Waals surface area contributed by atoms with Crippen molar-refractivity contribution >= 4 is 46.5 Å². The van der Waals surface area contributed by atoms with E-state index in [0.717, 1.165) is 11.1 Å². The number of halogens is 1. The highest BCUT2D eigenvalue weighted by molar-refractivity contribution is 7.11. The SMILES string of the molecule is C=C(c1cccs1)C1NC(=O)COc2ccc(cc2)CC(C(=O)O)NC(=O)C(Cc2ccccc2F)NC(=O)C(Cc2ccc(-c3ccccc3)cc2)NC1=O. The number of carboxylic acid groups (broad SMARTS) is 1. The molecule has 0 spiro atoms. The van der Waals surface area contributed by atoms with E-state index in [1.165, 1.54) is 29.5 Å². The van der Waals surface area contributed by atoms with Crippen molar-refractivity contribution in [2.75, 3.05) is 6.61 Å². The summed E-state index contributed by atoms with van der Waals surface area (Å²) < 4.78 is 20.6. The molecule has 2 aliphatic rings. The fourth-order valence-electron chi connectivity index (χ4n) is 6.23. The molecule has 4 unspecified atom stereocenters. The zero-order valence-corrected chi connectivity index (χ0v) is 30.9. The lowest BCUT2D eigenvalue weighted by atomic mass is 9.98. The van der Waals surface area contributed by atoms with Crippen LogP contribution in [0.4, 0.5) is 4.39 Å². The zero-order valence-electron chi connectivity index (χ0n) is 30.1. The van der Waals surface area contributed by atoms with E-state index in [2.05, 4.69) is 27.8 Å². The van der Waals surface area contributed by atoms with E-state index in [-0.39, 0.29) is 30.4 Å². The summed E-state index contributed by atoms with van der Waals surface area (Å²) in [5, 5.41) is 22.5. The Balaban J connectivity index is 1.37. The number of rotatable bonds is 8. The van der Waals surface area contributed by atoms with E-state index in [4.69, 9.17) is 4.74 Å². The second kappa shape index (κ2) is 18.2. The van der Waals surface area contributed by atoms with Gasteiger partial charge < -0.3 is 31.1 Å². The summed E-state index contributed by atoms with van der Waals surface area (Å²) in [5.74, 6) is -4.75. The molecule has 4 aromatic carbocycles. The Morgan fingerprint density at radius 2 is 1.38 bits per heavy atom. The second-order valence-electron chi connectivity index (χ2n) is 13.2. The first-order chi connectivity index (χ1) is 27.0. The van der Waals surface area contributed by atoms with Gasteiger partial charge in [0.15, 0.2) is 6.61 Å². The van der Waals surface area contributed by atoms with Crippen molar-refractivity contribution in [1.29, 1.82) is 0 Å². The molecule has 5 aromatic rings. The largest absolute Gasteiger partial charge is 0.484 e. The van der Waals surface area contributed by atoms with Gasteiger partial charge in [0.1, 0.15) is 35.7 Å². The molecule has 3 heterocycles. The van der Waals surface area contributed by atoms with Gasteiger partial charge in [0, 0.05) is 24.1 Å². The highest BCUT2D eigenvalue weighted by Crippen LogP contribution is 2.24. The number of thiophene rings is 1. The van der Waals surface area contributed by atoms with Crippen LogP contribution in [0.1, 0.15) is 21.6 Å². The van der Waals surface area contributed by atoms with E-state index >= 15 is 0 Å². The van der Waals surface area contributed by atoms with Gasteiger partial charge in [-0.2, -0.15) is 0 Å². The lowest BCUT2D eigenvalue weighted by molar-refractivity contribution is -0.142. The van der Waals surface area contributed by atoms with Crippen molar-refractivity contribution < 1.29 is 38.2 Å². The molecule has 2 aliphatic heterocycles. The van der Waals surface area contributed by atoms with Gasteiger partial charge in [-0.3, -0.25) is 19.2 Å². The van der Waals surface area contributed by atoms with Crippen LogP contribution in [0, 0.1) is 5.82 Å². The first-order valence-corrected chi connectivity index (χ1v) is 18.7. The summed E-state index contributed by atoms with van der Waals surface area (Å²) in [6, 6.07) is 27.0. The number of aliphatic carboxylic acids is 1. The third kappa shape index (κ3) is 10.1. The number of hydrogen-bond donors (Lipinski definition) is 5. The highest BCUT2D eigenvalue weighted by atomic mass is 32.1. The Morgan fingerprint density at radius 3 is 2.05 bits per heavy atom. The summed E-state index contributed by atoms with van der Waals surface area (Å²) in [6.07, 6.45) is -0.517. The third-order valence-corrected chi connectivity index (χ3v) is 10.2. The van der Waals surface area contributed by atoms with Crippen molar-refractivity contribution in [2.24, 2.45) is 0 Å². The van der Waals surface area contributed by atoms with Crippen LogP contribution in [0.5, 0.6) is 5.75 Å². The van der Waals surface area contributed by atoms with Crippen LogP contribution in [0.3, 0.4) is 0 Å². The zero-order chi connectivity index (χ0) is 39.6. The van der Waals surface area contributed by atoms with Gasteiger partial charge in [-0.1, -0.05) is 97.6 Å². The molecule has 286 valence electrons. The van der Waals surface area contributed by atoms with E-state index in [9.17, 15) is 33.5 Å². The molecule has 0 saturated carbocycles. The minimum Gasteiger partial charge on any atom is -0.484 e. The number of ether oxygens (including phenoxy) is 1. The summed E-state index contributed by atoms with van der Waals surface area (Å²) >= 11 is 1.31. The van der Waals surface area contributed by atoms with E-state index in [0.29, 0.717) is 21.8 Å². The average Bonchev–Trinajstić information content (AvgIpc) is 3.75. The van der Waals surface area contributed by atoms with Crippen LogP contribution in [0.2, 0.25) is 0 Å². The molecule has 2 bridgehead atoms. The monoisotopic (exact) mass is 774 g/mol. The van der Waals surface area contributed by atoms with Crippen LogP contribution >= 0.6 is 11.3 Å². The fourth-order valence-corrected chi connectivity index (χ4v) is 6.96. The minimum atomic E-state index is -1.46. The van der Waals surface area contributed by atoms with E-state index < -0.39 is 66.2 Å². The Labute approximate surface area is 326 Å². The van der Waals surface area contributed by atoms with Gasteiger partial charge in [-0.05, 0) is 63.0 Å². The van der Waals surface area contributed by atoms with Crippen LogP contribution in [0.15, 0.2) is 127 Å². The van der Waals surface area contributed by atoms with Crippen molar-refractivity contribution in [1.82, 2.24) is 21.3 Å². The molecule has 0 saturated heterocycles. The van der Waals surface area contributed by atoms with Crippen molar-refractivity contribution in [3.63, 3.8) is 0 Å². The molecular weight excluding hydrogens is 736 g/mol. The lowest BCUT2D eigenvalue weighted by Crippen LogP contribution is -2.59. The number of benzene rings is 4. The number of carboxylic acids is 1. The molecule has 13 heteroatoms. The second-order valence-corrected chi connectivity index (χ2v) is 14.2.